The van der Waals surface area contributed by atoms with E-state index in [1.807, 2.05) is 6.92 Å². The normalized spacial score (nSPS) is 21.3. The monoisotopic (exact) mass is 361 g/mol. The Labute approximate surface area is 144 Å². The molecule has 1 amide bonds. The lowest BCUT2D eigenvalue weighted by molar-refractivity contribution is 0.0827. The van der Waals surface area contributed by atoms with E-state index in [1.165, 1.54) is 17.0 Å². The van der Waals surface area contributed by atoms with Crippen molar-refractivity contribution >= 4 is 28.3 Å². The molecule has 2 N–H and O–H groups in total. The highest BCUT2D eigenvalue weighted by atomic mass is 35.5. The summed E-state index contributed by atoms with van der Waals surface area (Å²) >= 11 is 0. The van der Waals surface area contributed by atoms with Crippen molar-refractivity contribution < 1.29 is 13.2 Å². The van der Waals surface area contributed by atoms with Gasteiger partial charge in [0.05, 0.1) is 4.90 Å². The van der Waals surface area contributed by atoms with E-state index < -0.39 is 10.0 Å². The van der Waals surface area contributed by atoms with Crippen molar-refractivity contribution in [2.75, 3.05) is 20.6 Å². The van der Waals surface area contributed by atoms with E-state index in [9.17, 15) is 13.2 Å². The molecule has 1 heterocycles. The van der Waals surface area contributed by atoms with Crippen molar-refractivity contribution in [2.45, 2.75) is 36.7 Å². The van der Waals surface area contributed by atoms with E-state index in [1.54, 1.807) is 26.2 Å². The number of benzene rings is 1. The topological polar surface area (TPSA) is 78.5 Å². The first-order chi connectivity index (χ1) is 10.3. The highest BCUT2D eigenvalue weighted by Gasteiger charge is 2.25. The van der Waals surface area contributed by atoms with Crippen LogP contribution >= 0.6 is 12.4 Å². The SMILES string of the molecule is CC1CC(NS(=O)(=O)c2cccc(C(=O)N(C)C)c2)CCN1.Cl. The fraction of sp³-hybridized carbons (Fsp3) is 0.533. The van der Waals surface area contributed by atoms with Gasteiger partial charge in [0.15, 0.2) is 0 Å². The van der Waals surface area contributed by atoms with Gasteiger partial charge in [-0.25, -0.2) is 13.1 Å². The van der Waals surface area contributed by atoms with Gasteiger partial charge in [-0.05, 0) is 44.5 Å². The Morgan fingerprint density at radius 1 is 1.35 bits per heavy atom. The van der Waals surface area contributed by atoms with E-state index in [2.05, 4.69) is 10.0 Å². The molecular formula is C15H24ClN3O3S. The number of amides is 1. The molecule has 1 aromatic rings. The number of halogens is 1. The fourth-order valence-corrected chi connectivity index (χ4v) is 3.91. The Kier molecular flexibility index (Phi) is 7.01. The number of hydrogen-bond donors (Lipinski definition) is 2. The van der Waals surface area contributed by atoms with Gasteiger partial charge in [0.2, 0.25) is 10.0 Å². The van der Waals surface area contributed by atoms with E-state index >= 15 is 0 Å². The molecule has 0 spiro atoms. The average Bonchev–Trinajstić information content (AvgIpc) is 2.46. The average molecular weight is 362 g/mol. The van der Waals surface area contributed by atoms with Crippen LogP contribution in [0.2, 0.25) is 0 Å². The zero-order valence-electron chi connectivity index (χ0n) is 13.6. The molecule has 2 unspecified atom stereocenters. The molecule has 23 heavy (non-hydrogen) atoms. The third-order valence-electron chi connectivity index (χ3n) is 3.74. The van der Waals surface area contributed by atoms with Gasteiger partial charge in [0.1, 0.15) is 0 Å². The fourth-order valence-electron chi connectivity index (χ4n) is 2.58. The number of sulfonamides is 1. The van der Waals surface area contributed by atoms with Crippen LogP contribution < -0.4 is 10.0 Å². The summed E-state index contributed by atoms with van der Waals surface area (Å²) in [6, 6.07) is 6.37. The summed E-state index contributed by atoms with van der Waals surface area (Å²) in [6.45, 7) is 2.84. The second-order valence-corrected chi connectivity index (χ2v) is 7.64. The summed E-state index contributed by atoms with van der Waals surface area (Å²) in [5.41, 5.74) is 0.367. The maximum atomic E-state index is 12.5. The maximum absolute atomic E-state index is 12.5. The lowest BCUT2D eigenvalue weighted by Gasteiger charge is -2.28. The van der Waals surface area contributed by atoms with E-state index in [4.69, 9.17) is 0 Å². The first-order valence-electron chi connectivity index (χ1n) is 7.37. The van der Waals surface area contributed by atoms with Gasteiger partial charge in [-0.15, -0.1) is 12.4 Å². The molecule has 0 saturated carbocycles. The van der Waals surface area contributed by atoms with Crippen LogP contribution in [0.25, 0.3) is 0 Å². The molecule has 1 aliphatic rings. The summed E-state index contributed by atoms with van der Waals surface area (Å²) in [5.74, 6) is -0.215. The number of piperidine rings is 1. The molecule has 0 aliphatic carbocycles. The molecule has 0 bridgehead atoms. The Morgan fingerprint density at radius 2 is 2.04 bits per heavy atom. The van der Waals surface area contributed by atoms with Gasteiger partial charge in [0.25, 0.3) is 5.91 Å². The summed E-state index contributed by atoms with van der Waals surface area (Å²) in [7, 11) is -0.339. The van der Waals surface area contributed by atoms with Crippen molar-refractivity contribution in [3.63, 3.8) is 0 Å². The number of rotatable bonds is 4. The molecule has 0 aromatic heterocycles. The minimum Gasteiger partial charge on any atom is -0.345 e. The van der Waals surface area contributed by atoms with Crippen molar-refractivity contribution in [3.05, 3.63) is 29.8 Å². The zero-order valence-corrected chi connectivity index (χ0v) is 15.2. The van der Waals surface area contributed by atoms with Gasteiger partial charge < -0.3 is 10.2 Å². The first-order valence-corrected chi connectivity index (χ1v) is 8.85. The highest BCUT2D eigenvalue weighted by molar-refractivity contribution is 7.89. The largest absolute Gasteiger partial charge is 0.345 e. The molecule has 2 rings (SSSR count). The minimum atomic E-state index is -3.61. The minimum absolute atomic E-state index is 0. The molecule has 1 saturated heterocycles. The van der Waals surface area contributed by atoms with Crippen molar-refractivity contribution in [1.82, 2.24) is 14.9 Å². The van der Waals surface area contributed by atoms with Crippen LogP contribution in [0.3, 0.4) is 0 Å². The number of hydrogen-bond acceptors (Lipinski definition) is 4. The van der Waals surface area contributed by atoms with Crippen LogP contribution in [0.5, 0.6) is 0 Å². The number of nitrogens with one attached hydrogen (secondary N) is 2. The van der Waals surface area contributed by atoms with Crippen LogP contribution in [-0.4, -0.2) is 51.9 Å². The third-order valence-corrected chi connectivity index (χ3v) is 5.26. The van der Waals surface area contributed by atoms with Crippen molar-refractivity contribution in [3.8, 4) is 0 Å². The second kappa shape index (κ2) is 8.10. The van der Waals surface area contributed by atoms with Crippen LogP contribution in [-0.2, 0) is 10.0 Å². The maximum Gasteiger partial charge on any atom is 0.253 e. The Balaban J connectivity index is 0.00000264. The molecule has 6 nitrogen and oxygen atoms in total. The Morgan fingerprint density at radius 3 is 2.65 bits per heavy atom. The molecule has 1 aromatic carbocycles. The van der Waals surface area contributed by atoms with Gasteiger partial charge in [-0.1, -0.05) is 6.07 Å². The number of carbonyl (C=O) groups is 1. The standard InChI is InChI=1S/C15H23N3O3S.ClH/c1-11-9-13(7-8-16-11)17-22(20,21)14-6-4-5-12(10-14)15(19)18(2)3;/h4-6,10-11,13,16-17H,7-9H2,1-3H3;1H. The molecule has 8 heteroatoms. The summed E-state index contributed by atoms with van der Waals surface area (Å²) < 4.78 is 27.7. The zero-order chi connectivity index (χ0) is 16.3. The highest BCUT2D eigenvalue weighted by Crippen LogP contribution is 2.16. The second-order valence-electron chi connectivity index (χ2n) is 5.93. The summed E-state index contributed by atoms with van der Waals surface area (Å²) in [6.07, 6.45) is 1.52. The van der Waals surface area contributed by atoms with Crippen molar-refractivity contribution in [1.29, 1.82) is 0 Å². The predicted molar refractivity (Wildman–Crippen MR) is 92.5 cm³/mol. The number of nitrogens with zero attached hydrogens (tertiary/aromatic N) is 1. The van der Waals surface area contributed by atoms with Gasteiger partial charge in [-0.2, -0.15) is 0 Å². The summed E-state index contributed by atoms with van der Waals surface area (Å²) in [4.78, 5) is 13.5. The quantitative estimate of drug-likeness (QED) is 0.845. The van der Waals surface area contributed by atoms with E-state index in [0.29, 0.717) is 11.6 Å². The first kappa shape index (κ1) is 19.9. The smallest absolute Gasteiger partial charge is 0.253 e. The van der Waals surface area contributed by atoms with Crippen LogP contribution in [0.4, 0.5) is 0 Å². The molecule has 130 valence electrons. The molecule has 2 atom stereocenters. The number of carbonyl (C=O) groups excluding carboxylic acids is 1. The lowest BCUT2D eigenvalue weighted by atomic mass is 10.0. The predicted octanol–water partition coefficient (Wildman–Crippen LogP) is 1.23. The molecular weight excluding hydrogens is 338 g/mol. The van der Waals surface area contributed by atoms with Crippen LogP contribution in [0.15, 0.2) is 29.2 Å². The third kappa shape index (κ3) is 5.17. The van der Waals surface area contributed by atoms with Gasteiger partial charge in [-0.3, -0.25) is 4.79 Å². The van der Waals surface area contributed by atoms with E-state index in [-0.39, 0.29) is 29.3 Å². The molecule has 1 fully saturated rings. The van der Waals surface area contributed by atoms with Crippen LogP contribution in [0.1, 0.15) is 30.1 Å². The lowest BCUT2D eigenvalue weighted by Crippen LogP contribution is -2.46. The summed E-state index contributed by atoms with van der Waals surface area (Å²) in [5, 5.41) is 3.29. The molecule has 0 radical (unpaired) electrons. The Hall–Kier alpha value is -1.15. The van der Waals surface area contributed by atoms with Crippen LogP contribution in [0, 0.1) is 0 Å². The molecule has 1 aliphatic heterocycles. The van der Waals surface area contributed by atoms with E-state index in [0.717, 1.165) is 19.4 Å². The Bertz CT molecular complexity index is 649. The van der Waals surface area contributed by atoms with Crippen molar-refractivity contribution in [2.24, 2.45) is 0 Å². The van der Waals surface area contributed by atoms with Gasteiger partial charge >= 0.3 is 0 Å². The van der Waals surface area contributed by atoms with Gasteiger partial charge in [0, 0.05) is 31.7 Å².